The van der Waals surface area contributed by atoms with Gasteiger partial charge < -0.3 is 4.57 Å². The Kier molecular flexibility index (Phi) is 4.08. The van der Waals surface area contributed by atoms with Crippen LogP contribution in [0.4, 0.5) is 18.9 Å². The van der Waals surface area contributed by atoms with Gasteiger partial charge in [0.1, 0.15) is 16.4 Å². The number of benzene rings is 1. The quantitative estimate of drug-likeness (QED) is 0.592. The van der Waals surface area contributed by atoms with Crippen molar-refractivity contribution in [2.24, 2.45) is 0 Å². The van der Waals surface area contributed by atoms with Crippen LogP contribution in [0.25, 0.3) is 11.0 Å². The fourth-order valence-electron chi connectivity index (χ4n) is 2.43. The van der Waals surface area contributed by atoms with Crippen molar-refractivity contribution in [3.8, 4) is 0 Å². The summed E-state index contributed by atoms with van der Waals surface area (Å²) in [6, 6.07) is 0.604. The molecule has 1 aromatic carbocycles. The van der Waals surface area contributed by atoms with Crippen molar-refractivity contribution in [3.63, 3.8) is 0 Å². The van der Waals surface area contributed by atoms with Crippen molar-refractivity contribution in [2.75, 3.05) is 0 Å². The first-order valence-electron chi connectivity index (χ1n) is 6.52. The molecule has 0 radical (unpaired) electrons. The Morgan fingerprint density at radius 1 is 1.50 bits per heavy atom. The van der Waals surface area contributed by atoms with E-state index in [4.69, 9.17) is 11.6 Å². The summed E-state index contributed by atoms with van der Waals surface area (Å²) in [5.41, 5.74) is -2.06. The number of hydrogen-bond acceptors (Lipinski definition) is 3. The van der Waals surface area contributed by atoms with E-state index in [1.165, 1.54) is 0 Å². The number of fused-ring (bicyclic) bond motifs is 1. The van der Waals surface area contributed by atoms with Gasteiger partial charge in [0.2, 0.25) is 0 Å². The predicted octanol–water partition coefficient (Wildman–Crippen LogP) is 4.90. The number of rotatable bonds is 3. The third-order valence-corrected chi connectivity index (χ3v) is 3.97. The molecule has 1 unspecified atom stereocenters. The van der Waals surface area contributed by atoms with Crippen molar-refractivity contribution in [2.45, 2.75) is 39.4 Å². The van der Waals surface area contributed by atoms with Crippen molar-refractivity contribution >= 4 is 28.3 Å². The van der Waals surface area contributed by atoms with Crippen LogP contribution in [0.15, 0.2) is 6.07 Å². The second-order valence-corrected chi connectivity index (χ2v) is 5.37. The van der Waals surface area contributed by atoms with E-state index in [1.54, 1.807) is 11.5 Å². The zero-order chi connectivity index (χ0) is 16.8. The monoisotopic (exact) mass is 335 g/mol. The number of nitro groups is 1. The largest absolute Gasteiger partial charge is 0.418 e. The SMILES string of the molecule is CCC(C)n1c(C)nc2cc(C(F)(F)F)c(Cl)c([N+](=O)[O-])c21. The van der Waals surface area contributed by atoms with E-state index >= 15 is 0 Å². The maximum atomic E-state index is 13.0. The zero-order valence-electron chi connectivity index (χ0n) is 12.0. The van der Waals surface area contributed by atoms with Crippen molar-refractivity contribution < 1.29 is 18.1 Å². The van der Waals surface area contributed by atoms with E-state index in [2.05, 4.69) is 4.98 Å². The molecule has 0 amide bonds. The molecule has 0 aliphatic carbocycles. The minimum atomic E-state index is -4.79. The van der Waals surface area contributed by atoms with Gasteiger partial charge in [0.25, 0.3) is 0 Å². The van der Waals surface area contributed by atoms with Gasteiger partial charge in [0.15, 0.2) is 0 Å². The maximum absolute atomic E-state index is 13.0. The first-order chi connectivity index (χ1) is 10.1. The van der Waals surface area contributed by atoms with E-state index in [-0.39, 0.29) is 17.1 Å². The van der Waals surface area contributed by atoms with Crippen LogP contribution in [0, 0.1) is 17.0 Å². The second kappa shape index (κ2) is 5.42. The number of nitrogens with zero attached hydrogens (tertiary/aromatic N) is 3. The summed E-state index contributed by atoms with van der Waals surface area (Å²) in [7, 11) is 0. The van der Waals surface area contributed by atoms with Crippen LogP contribution in [-0.4, -0.2) is 14.5 Å². The zero-order valence-corrected chi connectivity index (χ0v) is 12.8. The highest BCUT2D eigenvalue weighted by atomic mass is 35.5. The molecule has 1 atom stereocenters. The van der Waals surface area contributed by atoms with E-state index in [0.717, 1.165) is 6.07 Å². The van der Waals surface area contributed by atoms with Crippen LogP contribution in [0.5, 0.6) is 0 Å². The van der Waals surface area contributed by atoms with Crippen LogP contribution >= 0.6 is 11.6 Å². The van der Waals surface area contributed by atoms with E-state index in [9.17, 15) is 23.3 Å². The fraction of sp³-hybridized carbons (Fsp3) is 0.462. The molecule has 2 rings (SSSR count). The summed E-state index contributed by atoms with van der Waals surface area (Å²) in [6.07, 6.45) is -4.15. The molecule has 22 heavy (non-hydrogen) atoms. The maximum Gasteiger partial charge on any atom is 0.418 e. The third kappa shape index (κ3) is 2.51. The number of nitro benzene ring substituents is 1. The van der Waals surface area contributed by atoms with Crippen LogP contribution in [0.3, 0.4) is 0 Å². The van der Waals surface area contributed by atoms with Crippen LogP contribution in [0.2, 0.25) is 5.02 Å². The average molecular weight is 336 g/mol. The smallest absolute Gasteiger partial charge is 0.320 e. The molecule has 0 saturated heterocycles. The van der Waals surface area contributed by atoms with Gasteiger partial charge in [-0.25, -0.2) is 4.98 Å². The lowest BCUT2D eigenvalue weighted by molar-refractivity contribution is -0.383. The molecule has 0 aliphatic heterocycles. The molecule has 0 fully saturated rings. The molecule has 2 aromatic rings. The number of halogens is 4. The molecule has 5 nitrogen and oxygen atoms in total. The molecule has 120 valence electrons. The minimum absolute atomic E-state index is 0.0230. The normalized spacial score (nSPS) is 13.6. The molecular formula is C13H13ClF3N3O2. The second-order valence-electron chi connectivity index (χ2n) is 5.00. The fourth-order valence-corrected chi connectivity index (χ4v) is 2.75. The van der Waals surface area contributed by atoms with Crippen molar-refractivity contribution in [3.05, 3.63) is 32.6 Å². The minimum Gasteiger partial charge on any atom is -0.320 e. The summed E-state index contributed by atoms with van der Waals surface area (Å²) in [4.78, 5) is 14.5. The van der Waals surface area contributed by atoms with Gasteiger partial charge in [-0.15, -0.1) is 0 Å². The lowest BCUT2D eigenvalue weighted by Gasteiger charge is -2.15. The Hall–Kier alpha value is -1.83. The molecule has 1 aromatic heterocycles. The van der Waals surface area contributed by atoms with Crippen LogP contribution < -0.4 is 0 Å². The number of hydrogen-bond donors (Lipinski definition) is 0. The van der Waals surface area contributed by atoms with Crippen molar-refractivity contribution in [1.82, 2.24) is 9.55 Å². The highest BCUT2D eigenvalue weighted by molar-refractivity contribution is 6.34. The van der Waals surface area contributed by atoms with Crippen LogP contribution in [-0.2, 0) is 6.18 Å². The van der Waals surface area contributed by atoms with E-state index < -0.39 is 27.4 Å². The highest BCUT2D eigenvalue weighted by Gasteiger charge is 2.39. The number of imidazole rings is 1. The summed E-state index contributed by atoms with van der Waals surface area (Å²) in [5, 5.41) is 10.4. The van der Waals surface area contributed by atoms with Crippen molar-refractivity contribution in [1.29, 1.82) is 0 Å². The number of alkyl halides is 3. The summed E-state index contributed by atoms with van der Waals surface area (Å²) in [5.74, 6) is 0.405. The average Bonchev–Trinajstić information content (AvgIpc) is 2.71. The standard InChI is InChI=1S/C13H13ClF3N3O2/c1-4-6(2)19-7(3)18-9-5-8(13(15,16)17)10(14)12(11(9)19)20(21)22/h5-6H,4H2,1-3H3. The molecular weight excluding hydrogens is 323 g/mol. The Labute approximate surface area is 128 Å². The van der Waals surface area contributed by atoms with Gasteiger partial charge in [-0.2, -0.15) is 13.2 Å². The lowest BCUT2D eigenvalue weighted by Crippen LogP contribution is -2.10. The molecule has 0 N–H and O–H groups in total. The molecule has 0 saturated carbocycles. The van der Waals surface area contributed by atoms with Gasteiger partial charge in [-0.1, -0.05) is 18.5 Å². The van der Waals surface area contributed by atoms with Gasteiger partial charge >= 0.3 is 11.9 Å². The molecule has 9 heteroatoms. The van der Waals surface area contributed by atoms with Crippen LogP contribution in [0.1, 0.15) is 37.7 Å². The van der Waals surface area contributed by atoms with Gasteiger partial charge in [-0.05, 0) is 26.3 Å². The summed E-state index contributed by atoms with van der Waals surface area (Å²) < 4.78 is 40.6. The van der Waals surface area contributed by atoms with Gasteiger partial charge in [-0.3, -0.25) is 10.1 Å². The Morgan fingerprint density at radius 3 is 2.55 bits per heavy atom. The number of aryl methyl sites for hydroxylation is 1. The number of aromatic nitrogens is 2. The third-order valence-electron chi connectivity index (χ3n) is 3.58. The first-order valence-corrected chi connectivity index (χ1v) is 6.90. The van der Waals surface area contributed by atoms with Gasteiger partial charge in [0, 0.05) is 6.04 Å². The first kappa shape index (κ1) is 16.5. The Morgan fingerprint density at radius 2 is 2.09 bits per heavy atom. The van der Waals surface area contributed by atoms with E-state index in [0.29, 0.717) is 12.2 Å². The molecule has 0 aliphatic rings. The topological polar surface area (TPSA) is 61.0 Å². The Bertz CT molecular complexity index is 755. The molecule has 0 bridgehead atoms. The summed E-state index contributed by atoms with van der Waals surface area (Å²) in [6.45, 7) is 5.27. The van der Waals surface area contributed by atoms with E-state index in [1.807, 2.05) is 13.8 Å². The summed E-state index contributed by atoms with van der Waals surface area (Å²) >= 11 is 5.69. The Balaban J connectivity index is 2.98. The van der Waals surface area contributed by atoms with Gasteiger partial charge in [0.05, 0.1) is 16.0 Å². The molecule has 1 heterocycles. The predicted molar refractivity (Wildman–Crippen MR) is 76.1 cm³/mol. The molecule has 0 spiro atoms. The highest BCUT2D eigenvalue weighted by Crippen LogP contribution is 2.44. The lowest BCUT2D eigenvalue weighted by atomic mass is 10.1.